The summed E-state index contributed by atoms with van der Waals surface area (Å²) < 4.78 is 25.4. The van der Waals surface area contributed by atoms with Crippen molar-refractivity contribution in [3.05, 3.63) is 22.4 Å². The van der Waals surface area contributed by atoms with Crippen molar-refractivity contribution in [3.63, 3.8) is 0 Å². The van der Waals surface area contributed by atoms with E-state index in [1.54, 1.807) is 0 Å². The van der Waals surface area contributed by atoms with E-state index >= 15 is 0 Å². The van der Waals surface area contributed by atoms with E-state index in [-0.39, 0.29) is 15.8 Å². The lowest BCUT2D eigenvalue weighted by molar-refractivity contribution is 0.487. The van der Waals surface area contributed by atoms with Gasteiger partial charge in [0.15, 0.2) is 5.75 Å². The molecule has 5 nitrogen and oxygen atoms in total. The summed E-state index contributed by atoms with van der Waals surface area (Å²) >= 11 is 11.1. The molecular weight excluding hydrogens is 239 g/mol. The normalized spacial score (nSPS) is 11.3. The van der Waals surface area contributed by atoms with Crippen LogP contribution in [0, 0.1) is 0 Å². The summed E-state index contributed by atoms with van der Waals surface area (Å²) in [4.78, 5) is 3.59. The minimum absolute atomic E-state index is 0.0264. The molecule has 1 aromatic rings. The first-order valence-electron chi connectivity index (χ1n) is 2.91. The fourth-order valence-corrected chi connectivity index (χ4v) is 1.54. The quantitative estimate of drug-likeness (QED) is 0.838. The van der Waals surface area contributed by atoms with Crippen LogP contribution in [-0.2, 0) is 10.3 Å². The zero-order valence-electron chi connectivity index (χ0n) is 6.07. The van der Waals surface area contributed by atoms with E-state index in [4.69, 9.17) is 23.2 Å². The van der Waals surface area contributed by atoms with Gasteiger partial charge in [0.05, 0.1) is 0 Å². The van der Waals surface area contributed by atoms with E-state index < -0.39 is 10.3 Å². The maximum absolute atomic E-state index is 10.5. The molecular formula is C5H4Cl2N2O3S. The second-order valence-corrected chi connectivity index (χ2v) is 3.98. The molecule has 0 unspecified atom stereocenters. The molecule has 0 aliphatic rings. The van der Waals surface area contributed by atoms with Gasteiger partial charge in [0.2, 0.25) is 0 Å². The number of pyridine rings is 1. The van der Waals surface area contributed by atoms with E-state index in [0.717, 1.165) is 0 Å². The lowest BCUT2D eigenvalue weighted by Gasteiger charge is -2.04. The zero-order chi connectivity index (χ0) is 10.1. The predicted octanol–water partition coefficient (Wildman–Crippen LogP) is 0.971. The molecule has 0 aliphatic carbocycles. The standard InChI is InChI=1S/C5H4Cl2N2O3S/c6-3-1-9-2-4(7)5(3)12-13(8,10)11/h1-2H,(H2,8,10,11). The molecule has 72 valence electrons. The van der Waals surface area contributed by atoms with Gasteiger partial charge in [-0.2, -0.15) is 13.6 Å². The van der Waals surface area contributed by atoms with Gasteiger partial charge in [0, 0.05) is 12.4 Å². The second kappa shape index (κ2) is 3.67. The molecule has 0 aliphatic heterocycles. The van der Waals surface area contributed by atoms with Crippen LogP contribution < -0.4 is 9.32 Å². The van der Waals surface area contributed by atoms with E-state index in [2.05, 4.69) is 14.3 Å². The molecule has 0 saturated carbocycles. The molecule has 2 N–H and O–H groups in total. The first kappa shape index (κ1) is 10.5. The van der Waals surface area contributed by atoms with Crippen LogP contribution in [0.25, 0.3) is 0 Å². The predicted molar refractivity (Wildman–Crippen MR) is 48.0 cm³/mol. The van der Waals surface area contributed by atoms with Gasteiger partial charge in [0.25, 0.3) is 0 Å². The largest absolute Gasteiger partial charge is 0.380 e. The third-order valence-electron chi connectivity index (χ3n) is 1.01. The first-order valence-corrected chi connectivity index (χ1v) is 5.14. The average molecular weight is 243 g/mol. The lowest BCUT2D eigenvalue weighted by atomic mass is 10.4. The van der Waals surface area contributed by atoms with Crippen molar-refractivity contribution >= 4 is 33.5 Å². The van der Waals surface area contributed by atoms with Crippen molar-refractivity contribution < 1.29 is 12.6 Å². The van der Waals surface area contributed by atoms with Crippen LogP contribution in [0.1, 0.15) is 0 Å². The number of halogens is 2. The third kappa shape index (κ3) is 3.00. The Kier molecular flexibility index (Phi) is 2.97. The molecule has 0 radical (unpaired) electrons. The van der Waals surface area contributed by atoms with Crippen LogP contribution >= 0.6 is 23.2 Å². The van der Waals surface area contributed by atoms with Crippen LogP contribution in [0.5, 0.6) is 5.75 Å². The number of hydrogen-bond donors (Lipinski definition) is 1. The summed E-state index contributed by atoms with van der Waals surface area (Å²) in [6, 6.07) is 0. The van der Waals surface area contributed by atoms with E-state index in [0.29, 0.717) is 0 Å². The molecule has 0 aromatic carbocycles. The zero-order valence-corrected chi connectivity index (χ0v) is 8.40. The minimum Gasteiger partial charge on any atom is -0.368 e. The summed E-state index contributed by atoms with van der Waals surface area (Å²) in [7, 11) is -4.12. The number of rotatable bonds is 2. The Labute approximate surface area is 84.7 Å². The Morgan fingerprint density at radius 2 is 1.77 bits per heavy atom. The highest BCUT2D eigenvalue weighted by Gasteiger charge is 2.13. The third-order valence-corrected chi connectivity index (χ3v) is 1.95. The summed E-state index contributed by atoms with van der Waals surface area (Å²) in [5, 5.41) is 4.56. The van der Waals surface area contributed by atoms with Crippen LogP contribution in [-0.4, -0.2) is 13.4 Å². The summed E-state index contributed by atoms with van der Waals surface area (Å²) in [5.41, 5.74) is 0. The number of aromatic nitrogens is 1. The minimum atomic E-state index is -4.12. The molecule has 0 bridgehead atoms. The molecule has 0 amide bonds. The van der Waals surface area contributed by atoms with Gasteiger partial charge in [-0.25, -0.2) is 0 Å². The average Bonchev–Trinajstić information content (AvgIpc) is 1.95. The topological polar surface area (TPSA) is 82.3 Å². The Balaban J connectivity index is 3.15. The molecule has 1 heterocycles. The highest BCUT2D eigenvalue weighted by molar-refractivity contribution is 7.84. The molecule has 13 heavy (non-hydrogen) atoms. The van der Waals surface area contributed by atoms with Crippen LogP contribution in [0.3, 0.4) is 0 Å². The summed E-state index contributed by atoms with van der Waals surface area (Å²) in [6.07, 6.45) is 2.38. The second-order valence-electron chi connectivity index (χ2n) is 2.01. The molecule has 1 aromatic heterocycles. The lowest BCUT2D eigenvalue weighted by Crippen LogP contribution is -2.19. The van der Waals surface area contributed by atoms with Gasteiger partial charge < -0.3 is 4.18 Å². The summed E-state index contributed by atoms with van der Waals surface area (Å²) in [6.45, 7) is 0. The van der Waals surface area contributed by atoms with E-state index in [9.17, 15) is 8.42 Å². The maximum Gasteiger partial charge on any atom is 0.380 e. The first-order chi connectivity index (χ1) is 5.90. The molecule has 0 saturated heterocycles. The van der Waals surface area contributed by atoms with Crippen LogP contribution in [0.4, 0.5) is 0 Å². The van der Waals surface area contributed by atoms with Gasteiger partial charge in [-0.05, 0) is 0 Å². The molecule has 0 fully saturated rings. The van der Waals surface area contributed by atoms with Crippen molar-refractivity contribution in [1.29, 1.82) is 0 Å². The molecule has 0 spiro atoms. The van der Waals surface area contributed by atoms with Crippen molar-refractivity contribution in [1.82, 2.24) is 4.98 Å². The fraction of sp³-hybridized carbons (Fsp3) is 0. The molecule has 8 heteroatoms. The van der Waals surface area contributed by atoms with E-state index in [1.807, 2.05) is 0 Å². The van der Waals surface area contributed by atoms with Crippen molar-refractivity contribution in [2.75, 3.05) is 0 Å². The van der Waals surface area contributed by atoms with Gasteiger partial charge in [-0.3, -0.25) is 4.98 Å². The molecule has 0 atom stereocenters. The number of hydrogen-bond acceptors (Lipinski definition) is 4. The van der Waals surface area contributed by atoms with Crippen LogP contribution in [0.15, 0.2) is 12.4 Å². The van der Waals surface area contributed by atoms with E-state index in [1.165, 1.54) is 12.4 Å². The Hall–Kier alpha value is -0.560. The Morgan fingerprint density at radius 1 is 1.31 bits per heavy atom. The number of nitrogens with two attached hydrogens (primary N) is 1. The molecule has 1 rings (SSSR count). The van der Waals surface area contributed by atoms with Gasteiger partial charge in [-0.15, -0.1) is 0 Å². The maximum atomic E-state index is 10.5. The van der Waals surface area contributed by atoms with Crippen molar-refractivity contribution in [2.45, 2.75) is 0 Å². The summed E-state index contributed by atoms with van der Waals surface area (Å²) in [5.74, 6) is -0.221. The highest BCUT2D eigenvalue weighted by atomic mass is 35.5. The number of nitrogens with zero attached hydrogens (tertiary/aromatic N) is 1. The fourth-order valence-electron chi connectivity index (χ4n) is 0.595. The monoisotopic (exact) mass is 242 g/mol. The smallest absolute Gasteiger partial charge is 0.368 e. The highest BCUT2D eigenvalue weighted by Crippen LogP contribution is 2.31. The van der Waals surface area contributed by atoms with Gasteiger partial charge in [-0.1, -0.05) is 23.2 Å². The van der Waals surface area contributed by atoms with Crippen LogP contribution in [0.2, 0.25) is 10.0 Å². The van der Waals surface area contributed by atoms with Gasteiger partial charge in [0.1, 0.15) is 10.0 Å². The Morgan fingerprint density at radius 3 is 2.15 bits per heavy atom. The van der Waals surface area contributed by atoms with Crippen molar-refractivity contribution in [2.24, 2.45) is 5.14 Å². The van der Waals surface area contributed by atoms with Crippen molar-refractivity contribution in [3.8, 4) is 5.75 Å². The SMILES string of the molecule is NS(=O)(=O)Oc1c(Cl)cncc1Cl. The van der Waals surface area contributed by atoms with Gasteiger partial charge >= 0.3 is 10.3 Å². The Bertz CT molecular complexity index is 400.